The van der Waals surface area contributed by atoms with Crippen LogP contribution in [0.2, 0.25) is 0 Å². The molecule has 0 saturated carbocycles. The average Bonchev–Trinajstić information content (AvgIpc) is 3.61. The van der Waals surface area contributed by atoms with Gasteiger partial charge in [0.25, 0.3) is 0 Å². The summed E-state index contributed by atoms with van der Waals surface area (Å²) in [5.41, 5.74) is 8.07. The number of imidazole rings is 1. The van der Waals surface area contributed by atoms with Crippen LogP contribution in [0.15, 0.2) is 83.8 Å². The van der Waals surface area contributed by atoms with Crippen LogP contribution >= 0.6 is 11.3 Å². The topological polar surface area (TPSA) is 96.7 Å². The highest BCUT2D eigenvalue weighted by Crippen LogP contribution is 2.25. The number of aryl methyl sites for hydroxylation is 1. The number of rotatable bonds is 6. The summed E-state index contributed by atoms with van der Waals surface area (Å²) in [5.74, 6) is 0.846. The molecule has 33 heavy (non-hydrogen) atoms. The van der Waals surface area contributed by atoms with Gasteiger partial charge in [-0.3, -0.25) is 9.99 Å². The van der Waals surface area contributed by atoms with Gasteiger partial charge in [-0.05, 0) is 31.2 Å². The molecule has 2 aromatic carbocycles. The number of hydrazone groups is 1. The van der Waals surface area contributed by atoms with Crippen molar-refractivity contribution < 1.29 is 0 Å². The summed E-state index contributed by atoms with van der Waals surface area (Å²) in [6.07, 6.45) is 7.10. The number of anilines is 1. The Hall–Kier alpha value is -4.55. The lowest BCUT2D eigenvalue weighted by Gasteiger charge is -2.08. The van der Waals surface area contributed by atoms with Crippen LogP contribution in [0, 0.1) is 18.3 Å². The van der Waals surface area contributed by atoms with Crippen LogP contribution in [0.25, 0.3) is 22.8 Å². The molecule has 8 nitrogen and oxygen atoms in total. The third-order valence-electron chi connectivity index (χ3n) is 5.00. The summed E-state index contributed by atoms with van der Waals surface area (Å²) in [6, 6.07) is 19.4. The van der Waals surface area contributed by atoms with E-state index in [1.54, 1.807) is 30.9 Å². The van der Waals surface area contributed by atoms with Crippen molar-refractivity contribution in [2.75, 3.05) is 5.43 Å². The van der Waals surface area contributed by atoms with Crippen LogP contribution in [0.3, 0.4) is 0 Å². The molecule has 1 N–H and O–H groups in total. The zero-order valence-electron chi connectivity index (χ0n) is 17.6. The zero-order chi connectivity index (χ0) is 22.6. The molecule has 5 rings (SSSR count). The van der Waals surface area contributed by atoms with Crippen molar-refractivity contribution in [3.05, 3.63) is 95.5 Å². The maximum Gasteiger partial charge on any atom is 0.203 e. The minimum absolute atomic E-state index is 0.622. The Labute approximate surface area is 194 Å². The standard InChI is InChI=1S/C24H18N8S/c1-17-21(23(31-12-11-26-16-31)32(30-17)20-5-3-2-4-6-20)14-27-29-24-28-22(15-33-24)19-9-7-18(13-25)8-10-19/h2-12,14-16H,1H3,(H,28,29)/b27-14+. The molecule has 3 heterocycles. The van der Waals surface area contributed by atoms with Gasteiger partial charge in [0, 0.05) is 23.3 Å². The van der Waals surface area contributed by atoms with Crippen molar-refractivity contribution in [2.45, 2.75) is 6.92 Å². The third-order valence-corrected chi connectivity index (χ3v) is 5.75. The Bertz CT molecular complexity index is 1440. The van der Waals surface area contributed by atoms with Gasteiger partial charge in [-0.1, -0.05) is 30.3 Å². The number of nitrogens with zero attached hydrogens (tertiary/aromatic N) is 7. The van der Waals surface area contributed by atoms with E-state index in [9.17, 15) is 0 Å². The molecular weight excluding hydrogens is 432 g/mol. The summed E-state index contributed by atoms with van der Waals surface area (Å²) in [4.78, 5) is 8.78. The van der Waals surface area contributed by atoms with E-state index in [0.29, 0.717) is 10.7 Å². The van der Waals surface area contributed by atoms with E-state index in [0.717, 1.165) is 34.0 Å². The fraction of sp³-hybridized carbons (Fsp3) is 0.0417. The molecule has 160 valence electrons. The maximum absolute atomic E-state index is 8.96. The minimum Gasteiger partial charge on any atom is -0.290 e. The Morgan fingerprint density at radius 2 is 1.94 bits per heavy atom. The lowest BCUT2D eigenvalue weighted by molar-refractivity contribution is 0.811. The highest BCUT2D eigenvalue weighted by Gasteiger charge is 2.17. The number of hydrogen-bond acceptors (Lipinski definition) is 7. The molecule has 0 fully saturated rings. The molecule has 0 aliphatic carbocycles. The molecule has 0 radical (unpaired) electrons. The monoisotopic (exact) mass is 450 g/mol. The van der Waals surface area contributed by atoms with E-state index in [2.05, 4.69) is 26.6 Å². The van der Waals surface area contributed by atoms with E-state index in [4.69, 9.17) is 10.4 Å². The first-order valence-corrected chi connectivity index (χ1v) is 11.0. The lowest BCUT2D eigenvalue weighted by atomic mass is 10.1. The van der Waals surface area contributed by atoms with Crippen molar-refractivity contribution in [3.8, 4) is 28.8 Å². The van der Waals surface area contributed by atoms with E-state index < -0.39 is 0 Å². The molecular formula is C24H18N8S. The minimum atomic E-state index is 0.622. The number of aromatic nitrogens is 5. The van der Waals surface area contributed by atoms with Gasteiger partial charge in [-0.25, -0.2) is 14.6 Å². The Morgan fingerprint density at radius 1 is 1.12 bits per heavy atom. The highest BCUT2D eigenvalue weighted by molar-refractivity contribution is 7.14. The predicted octanol–water partition coefficient (Wildman–Crippen LogP) is 4.81. The van der Waals surface area contributed by atoms with Crippen LogP contribution in [-0.2, 0) is 0 Å². The van der Waals surface area contributed by atoms with Crippen molar-refractivity contribution >= 4 is 22.7 Å². The number of para-hydroxylation sites is 1. The quantitative estimate of drug-likeness (QED) is 0.296. The molecule has 0 atom stereocenters. The first kappa shape index (κ1) is 20.4. The summed E-state index contributed by atoms with van der Waals surface area (Å²) < 4.78 is 3.80. The molecule has 0 aliphatic rings. The number of thiazole rings is 1. The third kappa shape index (κ3) is 4.15. The zero-order valence-corrected chi connectivity index (χ0v) is 18.4. The van der Waals surface area contributed by atoms with Crippen molar-refractivity contribution in [2.24, 2.45) is 5.10 Å². The molecule has 0 unspecified atom stereocenters. The first-order chi connectivity index (χ1) is 16.2. The molecule has 0 aliphatic heterocycles. The van der Waals surface area contributed by atoms with Gasteiger partial charge < -0.3 is 0 Å². The number of hydrogen-bond donors (Lipinski definition) is 1. The first-order valence-electron chi connectivity index (χ1n) is 10.1. The second kappa shape index (κ2) is 8.90. The fourth-order valence-electron chi connectivity index (χ4n) is 3.39. The number of benzene rings is 2. The predicted molar refractivity (Wildman–Crippen MR) is 129 cm³/mol. The van der Waals surface area contributed by atoms with E-state index in [1.807, 2.05) is 70.2 Å². The second-order valence-corrected chi connectivity index (χ2v) is 8.00. The number of nitriles is 1. The number of nitrogens with one attached hydrogen (secondary N) is 1. The van der Waals surface area contributed by atoms with Gasteiger partial charge in [0.15, 0.2) is 5.82 Å². The van der Waals surface area contributed by atoms with E-state index in [-0.39, 0.29) is 0 Å². The van der Waals surface area contributed by atoms with Crippen molar-refractivity contribution in [1.82, 2.24) is 24.3 Å². The second-order valence-electron chi connectivity index (χ2n) is 7.14. The molecule has 0 spiro atoms. The van der Waals surface area contributed by atoms with Gasteiger partial charge in [0.2, 0.25) is 5.13 Å². The smallest absolute Gasteiger partial charge is 0.203 e. The largest absolute Gasteiger partial charge is 0.290 e. The normalized spacial score (nSPS) is 11.0. The van der Waals surface area contributed by atoms with Crippen LogP contribution < -0.4 is 5.43 Å². The van der Waals surface area contributed by atoms with Crippen LogP contribution in [-0.4, -0.2) is 30.5 Å². The maximum atomic E-state index is 8.96. The molecule has 5 aromatic rings. The van der Waals surface area contributed by atoms with E-state index >= 15 is 0 Å². The Morgan fingerprint density at radius 3 is 2.67 bits per heavy atom. The van der Waals surface area contributed by atoms with Crippen molar-refractivity contribution in [3.63, 3.8) is 0 Å². The molecule has 0 amide bonds. The van der Waals surface area contributed by atoms with Crippen LogP contribution in [0.5, 0.6) is 0 Å². The van der Waals surface area contributed by atoms with Crippen molar-refractivity contribution in [1.29, 1.82) is 5.26 Å². The van der Waals surface area contributed by atoms with Crippen LogP contribution in [0.1, 0.15) is 16.8 Å². The average molecular weight is 451 g/mol. The molecule has 0 saturated heterocycles. The fourth-order valence-corrected chi connectivity index (χ4v) is 4.05. The lowest BCUT2D eigenvalue weighted by Crippen LogP contribution is -2.06. The van der Waals surface area contributed by atoms with Gasteiger partial charge in [0.05, 0.1) is 40.5 Å². The molecule has 0 bridgehead atoms. The Kier molecular flexibility index (Phi) is 5.49. The van der Waals surface area contributed by atoms with Gasteiger partial charge in [-0.15, -0.1) is 11.3 Å². The summed E-state index contributed by atoms with van der Waals surface area (Å²) in [5, 5.41) is 20.7. The molecule has 9 heteroatoms. The molecule has 3 aromatic heterocycles. The summed E-state index contributed by atoms with van der Waals surface area (Å²) in [6.45, 7) is 1.95. The Balaban J connectivity index is 1.42. The van der Waals surface area contributed by atoms with Crippen LogP contribution in [0.4, 0.5) is 5.13 Å². The van der Waals surface area contributed by atoms with Gasteiger partial charge in [-0.2, -0.15) is 15.5 Å². The SMILES string of the molecule is Cc1nn(-c2ccccc2)c(-n2ccnc2)c1/C=N/Nc1nc(-c2ccc(C#N)cc2)cs1. The van der Waals surface area contributed by atoms with Gasteiger partial charge in [0.1, 0.15) is 6.33 Å². The van der Waals surface area contributed by atoms with Gasteiger partial charge >= 0.3 is 0 Å². The highest BCUT2D eigenvalue weighted by atomic mass is 32.1. The van der Waals surface area contributed by atoms with E-state index in [1.165, 1.54) is 11.3 Å². The summed E-state index contributed by atoms with van der Waals surface area (Å²) >= 11 is 1.46. The summed E-state index contributed by atoms with van der Waals surface area (Å²) in [7, 11) is 0.